The third-order valence-electron chi connectivity index (χ3n) is 21.0. The Labute approximate surface area is 794 Å². The van der Waals surface area contributed by atoms with Crippen LogP contribution >= 0.6 is 0 Å². The van der Waals surface area contributed by atoms with E-state index in [4.69, 9.17) is 34.1 Å². The summed E-state index contributed by atoms with van der Waals surface area (Å²) in [6.45, 7) is 7.86. The summed E-state index contributed by atoms with van der Waals surface area (Å²) in [6, 6.07) is -16.8. The van der Waals surface area contributed by atoms with Crippen molar-refractivity contribution in [1.82, 2.24) is 90.0 Å². The van der Waals surface area contributed by atoms with Gasteiger partial charge < -0.3 is 159 Å². The average molecular weight is 1970 g/mol. The molecule has 0 aliphatic carbocycles. The molecule has 1 saturated heterocycles. The fourth-order valence-corrected chi connectivity index (χ4v) is 13.7. The molecule has 35 N–H and O–H groups in total. The molecular weight excluding hydrogens is 1840 g/mol. The highest BCUT2D eigenvalue weighted by Gasteiger charge is 2.44. The zero-order valence-electron chi connectivity index (χ0n) is 77.0. The first-order valence-electron chi connectivity index (χ1n) is 43.7. The molecule has 0 radical (unpaired) electrons. The lowest BCUT2D eigenvalue weighted by atomic mass is 10.00. The zero-order valence-corrected chi connectivity index (χ0v) is 77.0. The maximum Gasteiger partial charge on any atom is 0.326 e. The number of nitrogens with one attached hydrogen (secondary N) is 17. The summed E-state index contributed by atoms with van der Waals surface area (Å²) in [7, 11) is 0. The number of likely N-dealkylation sites (tertiary alicyclic amines) is 1. The van der Waals surface area contributed by atoms with E-state index in [1.807, 2.05) is 26.6 Å². The van der Waals surface area contributed by atoms with Crippen LogP contribution in [0, 0.1) is 17.2 Å². The van der Waals surface area contributed by atoms with Crippen molar-refractivity contribution in [2.75, 3.05) is 19.7 Å². The van der Waals surface area contributed by atoms with Gasteiger partial charge >= 0.3 is 29.8 Å². The number of guanidine groups is 1. The fraction of sp³-hybridized carbons (Fsp3) is 0.560. The summed E-state index contributed by atoms with van der Waals surface area (Å²) in [5.41, 5.74) is 27.6. The number of hydrogen-bond acceptors (Lipinski definition) is 29. The number of carbonyl (C=O) groups excluding carboxylic acids is 19. The van der Waals surface area contributed by atoms with Crippen molar-refractivity contribution in [3.8, 4) is 0 Å². The Morgan fingerprint density at radius 2 is 0.755 bits per heavy atom. The van der Waals surface area contributed by atoms with Crippen molar-refractivity contribution >= 4 is 148 Å². The van der Waals surface area contributed by atoms with E-state index in [1.54, 1.807) is 32.0 Å². The van der Waals surface area contributed by atoms with Crippen LogP contribution in [0.1, 0.15) is 149 Å². The van der Waals surface area contributed by atoms with Crippen LogP contribution in [0.3, 0.4) is 0 Å². The van der Waals surface area contributed by atoms with E-state index in [9.17, 15) is 156 Å². The largest absolute Gasteiger partial charge is 0.481 e. The Morgan fingerprint density at radius 1 is 0.388 bits per heavy atom. The second-order valence-corrected chi connectivity index (χ2v) is 33.5. The van der Waals surface area contributed by atoms with Crippen LogP contribution in [-0.2, 0) is 128 Å². The molecule has 1 aliphatic rings. The summed E-state index contributed by atoms with van der Waals surface area (Å²) >= 11 is 0. The third-order valence-corrected chi connectivity index (χ3v) is 21.0. The van der Waals surface area contributed by atoms with Crippen LogP contribution in [0.25, 0.3) is 0 Å². The number of aliphatic hydroxyl groups is 3. The summed E-state index contributed by atoms with van der Waals surface area (Å²) in [5.74, 6) is -34.3. The van der Waals surface area contributed by atoms with Crippen molar-refractivity contribution in [3.63, 3.8) is 0 Å². The lowest BCUT2D eigenvalue weighted by Gasteiger charge is -2.30. The molecule has 3 rings (SSSR count). The first kappa shape index (κ1) is 118. The first-order valence-corrected chi connectivity index (χ1v) is 43.7. The molecule has 2 aromatic carbocycles. The Bertz CT molecular complexity index is 4740. The van der Waals surface area contributed by atoms with Crippen molar-refractivity contribution in [3.05, 3.63) is 71.8 Å². The number of aliphatic hydroxyl groups excluding tert-OH is 3. The van der Waals surface area contributed by atoms with Crippen molar-refractivity contribution in [2.45, 2.75) is 266 Å². The van der Waals surface area contributed by atoms with E-state index in [0.717, 1.165) is 18.7 Å². The molecule has 1 heterocycles. The zero-order chi connectivity index (χ0) is 105. The number of nitrogens with zero attached hydrogens (tertiary/aromatic N) is 1. The van der Waals surface area contributed by atoms with Gasteiger partial charge in [-0.05, 0) is 88.7 Å². The van der Waals surface area contributed by atoms with Gasteiger partial charge in [0, 0.05) is 38.8 Å². The number of nitrogens with two attached hydrogens (primary N) is 5. The van der Waals surface area contributed by atoms with Gasteiger partial charge in [0.15, 0.2) is 5.96 Å². The lowest BCUT2D eigenvalue weighted by Crippen LogP contribution is -2.63. The van der Waals surface area contributed by atoms with Crippen LogP contribution in [0.5, 0.6) is 0 Å². The summed E-state index contributed by atoms with van der Waals surface area (Å²) in [4.78, 5) is 322. The minimum absolute atomic E-state index is 0.0112. The highest BCUT2D eigenvalue weighted by Crippen LogP contribution is 2.22. The van der Waals surface area contributed by atoms with E-state index < -0.39 is 327 Å². The topological polar surface area (TPSA) is 921 Å². The van der Waals surface area contributed by atoms with Crippen molar-refractivity contribution in [1.29, 1.82) is 5.41 Å². The molecule has 0 unspecified atom stereocenters. The van der Waals surface area contributed by atoms with Gasteiger partial charge in [-0.15, -0.1) is 0 Å². The number of hydrogen-bond donors (Lipinski definition) is 30. The number of carbonyl (C=O) groups is 24. The summed E-state index contributed by atoms with van der Waals surface area (Å²) < 4.78 is 0. The van der Waals surface area contributed by atoms with Crippen molar-refractivity contribution < 1.29 is 156 Å². The molecule has 1 fully saturated rings. The van der Waals surface area contributed by atoms with Crippen molar-refractivity contribution in [2.24, 2.45) is 40.5 Å². The normalized spacial score (nSPS) is 16.0. The predicted molar refractivity (Wildman–Crippen MR) is 479 cm³/mol. The van der Waals surface area contributed by atoms with E-state index in [-0.39, 0.29) is 75.9 Å². The third kappa shape index (κ3) is 42.3. The molecule has 1 aliphatic heterocycles. The predicted octanol–water partition coefficient (Wildman–Crippen LogP) is -11.8. The molecule has 19 amide bonds. The average Bonchev–Trinajstić information content (AvgIpc) is 1.66. The SMILES string of the molecule is CC(C)C[C@H](NC(=O)[C@H](C)NC(=O)[C@@H]1CCCN1C(=O)[C@H](CCC(=O)O)NC(=O)[C@@H](N)CCC(N)=O)C(=O)N[C@@H](Cc1ccccc1)C(=O)N[C@@H](CO)C(=O)N[C@H](C(=O)N[C@@H](CC(=O)O)C(=O)N[C@@H](CC(N)=O)C(=O)N[C@@H](CC(=O)O)C(=O)N[C@@H](CC(=O)O)C(=O)N[C@@H](Cc1ccccc1)C(=O)N[C@H](C(=O)N[C@H](C(=O)N[C@@H](CCCNC(=N)N)C(=O)N[C@@H](CC(N)=O)C(=O)O)C(C)C)[C@@H](C)O)[C@@H](C)O. The molecule has 0 spiro atoms. The molecule has 0 saturated carbocycles. The first-order chi connectivity index (χ1) is 65.0. The van der Waals surface area contributed by atoms with Gasteiger partial charge in [0.2, 0.25) is 112 Å². The Morgan fingerprint density at radius 3 is 1.17 bits per heavy atom. The molecule has 2 aromatic rings. The minimum Gasteiger partial charge on any atom is -0.481 e. The number of rotatable bonds is 62. The maximum absolute atomic E-state index is 14.5. The quantitative estimate of drug-likeness (QED) is 0.0166. The van der Waals surface area contributed by atoms with Crippen LogP contribution in [-0.4, -0.2) is 328 Å². The Hall–Kier alpha value is -15.2. The number of carboxylic acids is 5. The van der Waals surface area contributed by atoms with Gasteiger partial charge in [0.1, 0.15) is 96.7 Å². The van der Waals surface area contributed by atoms with Crippen LogP contribution in [0.2, 0.25) is 0 Å². The van der Waals surface area contributed by atoms with Crippen LogP contribution in [0.15, 0.2) is 60.7 Å². The molecule has 768 valence electrons. The second kappa shape index (κ2) is 58.3. The van der Waals surface area contributed by atoms with Crippen LogP contribution in [0.4, 0.5) is 0 Å². The fourth-order valence-electron chi connectivity index (χ4n) is 13.7. The highest BCUT2D eigenvalue weighted by atomic mass is 16.4. The molecule has 0 aromatic heterocycles. The highest BCUT2D eigenvalue weighted by molar-refractivity contribution is 6.04. The molecular formula is C84H125N23O32. The van der Waals surface area contributed by atoms with Gasteiger partial charge in [-0.3, -0.25) is 116 Å². The van der Waals surface area contributed by atoms with Gasteiger partial charge in [-0.25, -0.2) is 4.79 Å². The number of primary amides is 3. The van der Waals surface area contributed by atoms with Gasteiger partial charge in [-0.1, -0.05) is 88.4 Å². The smallest absolute Gasteiger partial charge is 0.326 e. The molecule has 0 bridgehead atoms. The number of benzene rings is 2. The van der Waals surface area contributed by atoms with Gasteiger partial charge in [-0.2, -0.15) is 0 Å². The lowest BCUT2D eigenvalue weighted by molar-refractivity contribution is -0.144. The summed E-state index contributed by atoms with van der Waals surface area (Å²) in [6.07, 6.45) is -13.0. The maximum atomic E-state index is 14.5. The van der Waals surface area contributed by atoms with Gasteiger partial charge in [0.25, 0.3) is 0 Å². The molecule has 55 nitrogen and oxygen atoms in total. The van der Waals surface area contributed by atoms with E-state index in [0.29, 0.717) is 5.56 Å². The Kier molecular flexibility index (Phi) is 49.5. The molecule has 19 atom stereocenters. The number of amides is 19. The second-order valence-electron chi connectivity index (χ2n) is 33.5. The molecule has 139 heavy (non-hydrogen) atoms. The standard InChI is InChI=1S/C84H125N23O32/c1-37(2)28-47(95-67(122)39(5)92-78(133)56-21-15-27-107(56)82(137)46(23-25-60(114)115)94-68(123)44(85)22-24-57(86)111)70(125)96-48(29-42-16-10-8-11-17-42)71(126)103-55(36-108)77(132)106-65(40(6)109)80(135)101-53(35-63(120)121)75(130)98-50(31-58(87)112)72(127)99-52(34-62(118)119)74(129)100-51(33-61(116)117)73(128)97-49(30-43-18-12-9-13-19-43)76(131)105-66(41(7)110)81(136)104-64(38(3)4)79(134)93-45(20-14-26-91-84(89)90)69(124)102-54(83(138)139)32-59(88)113/h8-13,16-19,37-41,44-56,64-66,108-110H,14-15,20-36,85H2,1-7H3,(H2,86,111)(H2,87,112)(H2,88,113)(H,92,133)(H,93,134)(H,94,123)(H,95,122)(H,96,125)(H,97,128)(H,98,130)(H,99,127)(H,100,129)(H,101,135)(H,102,124)(H,103,126)(H,104,136)(H,105,131)(H,106,132)(H,114,115)(H,116,117)(H,118,119)(H,120,121)(H,138,139)(H4,89,90,91)/t39-,40+,41+,44-,45-,46-,47-,48-,49-,50-,51-,52-,53-,54-,55-,56-,64-,65-,66-/m0/s1. The molecule has 55 heteroatoms. The number of aliphatic carboxylic acids is 5. The minimum atomic E-state index is -2.46. The van der Waals surface area contributed by atoms with E-state index in [2.05, 4.69) is 58.5 Å². The van der Waals surface area contributed by atoms with Gasteiger partial charge in [0.05, 0.1) is 57.0 Å². The summed E-state index contributed by atoms with van der Waals surface area (Å²) in [5, 5.41) is 125. The number of carboxylic acid groups (broad SMARTS) is 5. The Balaban J connectivity index is 1.91. The van der Waals surface area contributed by atoms with E-state index in [1.165, 1.54) is 63.2 Å². The monoisotopic (exact) mass is 1970 g/mol. The van der Waals surface area contributed by atoms with E-state index >= 15 is 0 Å². The van der Waals surface area contributed by atoms with Crippen LogP contribution < -0.4 is 114 Å².